The third-order valence-corrected chi connectivity index (χ3v) is 7.91. The van der Waals surface area contributed by atoms with E-state index in [1.807, 2.05) is 0 Å². The lowest BCUT2D eigenvalue weighted by Gasteiger charge is -2.35. The third-order valence-electron chi connectivity index (χ3n) is 6.04. The van der Waals surface area contributed by atoms with Crippen molar-refractivity contribution in [3.05, 3.63) is 30.1 Å². The quantitative estimate of drug-likeness (QED) is 0.673. The zero-order valence-corrected chi connectivity index (χ0v) is 17.0. The molecule has 160 valence electrons. The third kappa shape index (κ3) is 3.34. The van der Waals surface area contributed by atoms with Crippen LogP contribution in [0, 0.1) is 17.1 Å². The molecule has 2 amide bonds. The van der Waals surface area contributed by atoms with E-state index in [1.54, 1.807) is 0 Å². The van der Waals surface area contributed by atoms with Gasteiger partial charge in [-0.05, 0) is 37.5 Å². The molecule has 0 aromatic heterocycles. The van der Waals surface area contributed by atoms with Crippen molar-refractivity contribution in [1.29, 1.82) is 5.26 Å². The molecule has 4 rings (SSSR count). The predicted octanol–water partition coefficient (Wildman–Crippen LogP) is -0.359. The largest absolute Gasteiger partial charge is 0.335 e. The number of nitriles is 1. The molecule has 4 atom stereocenters. The summed E-state index contributed by atoms with van der Waals surface area (Å²) in [6.07, 6.45) is 1.64. The minimum Gasteiger partial charge on any atom is -0.335 e. The normalized spacial score (nSPS) is 27.5. The number of rotatable bonds is 5. The molecule has 11 heteroatoms. The predicted molar refractivity (Wildman–Crippen MR) is 103 cm³/mol. The average Bonchev–Trinajstić information content (AvgIpc) is 3.43. The van der Waals surface area contributed by atoms with Crippen LogP contribution in [-0.2, 0) is 19.6 Å². The van der Waals surface area contributed by atoms with Gasteiger partial charge in [-0.3, -0.25) is 9.59 Å². The summed E-state index contributed by atoms with van der Waals surface area (Å²) in [7, 11) is -4.01. The number of piperazine rings is 1. The molecule has 3 fully saturated rings. The zero-order valence-electron chi connectivity index (χ0n) is 16.1. The molecule has 9 nitrogen and oxygen atoms in total. The van der Waals surface area contributed by atoms with Gasteiger partial charge in [-0.2, -0.15) is 9.57 Å². The van der Waals surface area contributed by atoms with Gasteiger partial charge in [0.1, 0.15) is 23.9 Å². The number of sulfonamides is 1. The van der Waals surface area contributed by atoms with Crippen LogP contribution in [-0.4, -0.2) is 78.1 Å². The number of hydrogen-bond donors (Lipinski definition) is 1. The molecule has 0 aliphatic carbocycles. The van der Waals surface area contributed by atoms with Crippen molar-refractivity contribution in [3.8, 4) is 6.07 Å². The highest BCUT2D eigenvalue weighted by Crippen LogP contribution is 2.36. The van der Waals surface area contributed by atoms with Crippen molar-refractivity contribution in [1.82, 2.24) is 14.1 Å². The molecule has 0 radical (unpaired) electrons. The first-order valence-corrected chi connectivity index (χ1v) is 11.2. The molecule has 0 unspecified atom stereocenters. The standard InChI is InChI=1S/C19H22FN5O4S/c20-12-3-1-5-15(7-12)30(28,29)25-10-14-8-17(25)19(27)24(14)11-16(22)18(26)23-6-2-4-13(23)9-21/h1,3,5,7,13-14,16-17H,2,4,6,8,10-11,22H2/t13-,14+,16-,17+/m0/s1. The van der Waals surface area contributed by atoms with Crippen molar-refractivity contribution < 1.29 is 22.4 Å². The lowest BCUT2D eigenvalue weighted by Crippen LogP contribution is -2.57. The van der Waals surface area contributed by atoms with Gasteiger partial charge in [0.05, 0.1) is 11.0 Å². The number of hydrogen-bond acceptors (Lipinski definition) is 6. The molecule has 0 saturated carbocycles. The highest BCUT2D eigenvalue weighted by Gasteiger charge is 2.54. The average molecular weight is 435 g/mol. The van der Waals surface area contributed by atoms with Gasteiger partial charge in [0.2, 0.25) is 21.8 Å². The van der Waals surface area contributed by atoms with Gasteiger partial charge in [-0.15, -0.1) is 0 Å². The van der Waals surface area contributed by atoms with Crippen molar-refractivity contribution >= 4 is 21.8 Å². The van der Waals surface area contributed by atoms with Crippen LogP contribution in [0.4, 0.5) is 4.39 Å². The molecule has 1 aromatic rings. The summed E-state index contributed by atoms with van der Waals surface area (Å²) in [5, 5.41) is 9.16. The van der Waals surface area contributed by atoms with E-state index in [4.69, 9.17) is 11.0 Å². The van der Waals surface area contributed by atoms with E-state index in [2.05, 4.69) is 6.07 Å². The first kappa shape index (κ1) is 20.7. The van der Waals surface area contributed by atoms with Gasteiger partial charge in [0.15, 0.2) is 0 Å². The van der Waals surface area contributed by atoms with Crippen LogP contribution < -0.4 is 5.73 Å². The molecule has 3 saturated heterocycles. The first-order chi connectivity index (χ1) is 14.2. The van der Waals surface area contributed by atoms with Gasteiger partial charge >= 0.3 is 0 Å². The summed E-state index contributed by atoms with van der Waals surface area (Å²) in [6, 6.07) is 4.02. The summed E-state index contributed by atoms with van der Waals surface area (Å²) in [6.45, 7) is 0.506. The molecule has 3 heterocycles. The highest BCUT2D eigenvalue weighted by molar-refractivity contribution is 7.89. The second kappa shape index (κ2) is 7.61. The van der Waals surface area contributed by atoms with E-state index < -0.39 is 45.9 Å². The van der Waals surface area contributed by atoms with Gasteiger partial charge < -0.3 is 15.5 Å². The smallest absolute Gasteiger partial charge is 0.243 e. The molecule has 0 spiro atoms. The molecule has 1 aromatic carbocycles. The fraction of sp³-hybridized carbons (Fsp3) is 0.526. The maximum absolute atomic E-state index is 13.5. The first-order valence-electron chi connectivity index (χ1n) is 9.77. The van der Waals surface area contributed by atoms with Crippen LogP contribution in [0.5, 0.6) is 0 Å². The summed E-state index contributed by atoms with van der Waals surface area (Å²) in [4.78, 5) is 28.2. The van der Waals surface area contributed by atoms with Gasteiger partial charge in [0.25, 0.3) is 0 Å². The van der Waals surface area contributed by atoms with Gasteiger partial charge in [-0.1, -0.05) is 6.07 Å². The second-order valence-electron chi connectivity index (χ2n) is 7.85. The minimum atomic E-state index is -4.01. The van der Waals surface area contributed by atoms with E-state index in [-0.39, 0.29) is 23.9 Å². The number of benzene rings is 1. The summed E-state index contributed by atoms with van der Waals surface area (Å²) >= 11 is 0. The van der Waals surface area contributed by atoms with Crippen LogP contribution in [0.1, 0.15) is 19.3 Å². The molecular weight excluding hydrogens is 413 g/mol. The highest BCUT2D eigenvalue weighted by atomic mass is 32.2. The van der Waals surface area contributed by atoms with Crippen LogP contribution in [0.2, 0.25) is 0 Å². The molecule has 2 N–H and O–H groups in total. The Balaban J connectivity index is 1.45. The Bertz CT molecular complexity index is 1030. The number of nitrogens with zero attached hydrogens (tertiary/aromatic N) is 4. The molecule has 3 aliphatic heterocycles. The van der Waals surface area contributed by atoms with Crippen LogP contribution in [0.15, 0.2) is 29.2 Å². The number of carbonyl (C=O) groups excluding carboxylic acids is 2. The number of carbonyl (C=O) groups is 2. The maximum atomic E-state index is 13.5. The lowest BCUT2D eigenvalue weighted by atomic mass is 10.2. The summed E-state index contributed by atoms with van der Waals surface area (Å²) in [5.41, 5.74) is 6.05. The molecular formula is C19H22FN5O4S. The van der Waals surface area contributed by atoms with Crippen LogP contribution >= 0.6 is 0 Å². The fourth-order valence-corrected chi connectivity index (χ4v) is 6.20. The number of fused-ring (bicyclic) bond motifs is 2. The van der Waals surface area contributed by atoms with Crippen molar-refractivity contribution in [2.24, 2.45) is 5.73 Å². The van der Waals surface area contributed by atoms with Gasteiger partial charge in [0, 0.05) is 25.7 Å². The Morgan fingerprint density at radius 3 is 2.83 bits per heavy atom. The van der Waals surface area contributed by atoms with Crippen LogP contribution in [0.3, 0.4) is 0 Å². The van der Waals surface area contributed by atoms with Crippen molar-refractivity contribution in [2.75, 3.05) is 19.6 Å². The lowest BCUT2D eigenvalue weighted by molar-refractivity contribution is -0.137. The number of nitrogens with two attached hydrogens (primary N) is 1. The maximum Gasteiger partial charge on any atom is 0.243 e. The van der Waals surface area contributed by atoms with E-state index in [0.29, 0.717) is 19.4 Å². The summed E-state index contributed by atoms with van der Waals surface area (Å²) < 4.78 is 40.3. The Morgan fingerprint density at radius 2 is 2.17 bits per heavy atom. The monoisotopic (exact) mass is 435 g/mol. The van der Waals surface area contributed by atoms with Crippen LogP contribution in [0.25, 0.3) is 0 Å². The Labute approximate surface area is 173 Å². The van der Waals surface area contributed by atoms with E-state index in [1.165, 1.54) is 21.9 Å². The molecule has 2 bridgehead atoms. The molecule has 30 heavy (non-hydrogen) atoms. The number of amides is 2. The SMILES string of the molecule is N#C[C@@H]1CCCN1C(=O)[C@@H](N)CN1C(=O)[C@H]2C[C@@H]1CN2S(=O)(=O)c1cccc(F)c1. The Morgan fingerprint density at radius 1 is 1.40 bits per heavy atom. The van der Waals surface area contributed by atoms with Crippen molar-refractivity contribution in [2.45, 2.75) is 48.3 Å². The van der Waals surface area contributed by atoms with Gasteiger partial charge in [-0.25, -0.2) is 12.8 Å². The molecule has 3 aliphatic rings. The number of likely N-dealkylation sites (tertiary alicyclic amines) is 2. The summed E-state index contributed by atoms with van der Waals surface area (Å²) in [5.74, 6) is -1.46. The second-order valence-corrected chi connectivity index (χ2v) is 9.74. The minimum absolute atomic E-state index is 0.0265. The van der Waals surface area contributed by atoms with E-state index in [0.717, 1.165) is 22.9 Å². The van der Waals surface area contributed by atoms with E-state index >= 15 is 0 Å². The fourth-order valence-electron chi connectivity index (χ4n) is 4.54. The van der Waals surface area contributed by atoms with Crippen molar-refractivity contribution in [3.63, 3.8) is 0 Å². The Kier molecular flexibility index (Phi) is 5.25. The number of halogens is 1. The topological polar surface area (TPSA) is 128 Å². The zero-order chi connectivity index (χ0) is 21.6. The Hall–Kier alpha value is -2.55. The van der Waals surface area contributed by atoms with E-state index in [9.17, 15) is 22.4 Å².